The number of nitrogens with one attached hydrogen (secondary N) is 2. The zero-order chi connectivity index (χ0) is 18.7. The summed E-state index contributed by atoms with van der Waals surface area (Å²) in [6, 6.07) is 12.7. The first-order chi connectivity index (χ1) is 12.4. The van der Waals surface area contributed by atoms with E-state index in [-0.39, 0.29) is 11.8 Å². The predicted molar refractivity (Wildman–Crippen MR) is 103 cm³/mol. The minimum atomic E-state index is -0.598. The Kier molecular flexibility index (Phi) is 5.18. The highest BCUT2D eigenvalue weighted by molar-refractivity contribution is 6.32. The molecule has 0 saturated heterocycles. The van der Waals surface area contributed by atoms with Crippen molar-refractivity contribution >= 4 is 34.8 Å². The molecule has 3 rings (SSSR count). The summed E-state index contributed by atoms with van der Waals surface area (Å²) in [4.78, 5) is 24.1. The number of hydrogen-bond acceptors (Lipinski definition) is 3. The van der Waals surface area contributed by atoms with Crippen molar-refractivity contribution in [3.8, 4) is 5.75 Å². The molecule has 136 valence electrons. The molecule has 2 amide bonds. The summed E-state index contributed by atoms with van der Waals surface area (Å²) in [6.45, 7) is 4.14. The number of ether oxygens (including phenoxy) is 1. The second-order valence-corrected chi connectivity index (χ2v) is 7.18. The van der Waals surface area contributed by atoms with E-state index in [1.165, 1.54) is 0 Å². The third-order valence-electron chi connectivity index (χ3n) is 4.43. The largest absolute Gasteiger partial charge is 0.492 e. The molecule has 0 radical (unpaired) electrons. The molecule has 0 saturated carbocycles. The summed E-state index contributed by atoms with van der Waals surface area (Å²) in [5.74, 6) is 0.489. The van der Waals surface area contributed by atoms with E-state index in [0.717, 1.165) is 11.3 Å². The van der Waals surface area contributed by atoms with Crippen LogP contribution in [0, 0.1) is 0 Å². The number of benzene rings is 2. The number of carbonyl (C=O) groups is 2. The van der Waals surface area contributed by atoms with Crippen LogP contribution in [0.25, 0.3) is 0 Å². The quantitative estimate of drug-likeness (QED) is 0.740. The van der Waals surface area contributed by atoms with Crippen LogP contribution in [-0.2, 0) is 15.0 Å². The molecule has 2 N–H and O–H groups in total. The minimum absolute atomic E-state index is 0.0345. The highest BCUT2D eigenvalue weighted by Crippen LogP contribution is 2.38. The van der Waals surface area contributed by atoms with Crippen LogP contribution in [0.5, 0.6) is 5.75 Å². The molecule has 0 bridgehead atoms. The van der Waals surface area contributed by atoms with Gasteiger partial charge in [0.2, 0.25) is 11.8 Å². The third-order valence-corrected chi connectivity index (χ3v) is 4.75. The molecule has 2 aromatic rings. The molecule has 0 fully saturated rings. The van der Waals surface area contributed by atoms with Gasteiger partial charge in [-0.3, -0.25) is 9.59 Å². The number of anilines is 2. The maximum absolute atomic E-state index is 12.1. The van der Waals surface area contributed by atoms with E-state index in [4.69, 9.17) is 16.3 Å². The second-order valence-electron chi connectivity index (χ2n) is 6.77. The molecule has 26 heavy (non-hydrogen) atoms. The highest BCUT2D eigenvalue weighted by atomic mass is 35.5. The van der Waals surface area contributed by atoms with Crippen LogP contribution in [0.3, 0.4) is 0 Å². The predicted octanol–water partition coefficient (Wildman–Crippen LogP) is 4.37. The number of rotatable bonds is 6. The lowest BCUT2D eigenvalue weighted by atomic mass is 9.86. The fourth-order valence-electron chi connectivity index (χ4n) is 2.85. The van der Waals surface area contributed by atoms with Gasteiger partial charge in [0, 0.05) is 17.8 Å². The van der Waals surface area contributed by atoms with Crippen molar-refractivity contribution in [1.82, 2.24) is 0 Å². The van der Waals surface area contributed by atoms with Gasteiger partial charge in [-0.2, -0.15) is 0 Å². The average Bonchev–Trinajstić information content (AvgIpc) is 2.83. The van der Waals surface area contributed by atoms with Crippen molar-refractivity contribution in [3.05, 3.63) is 53.1 Å². The molecular formula is C20H21ClN2O3. The first kappa shape index (κ1) is 18.3. The molecule has 0 spiro atoms. The van der Waals surface area contributed by atoms with Crippen LogP contribution in [0.1, 0.15) is 32.3 Å². The average molecular weight is 373 g/mol. The molecular weight excluding hydrogens is 352 g/mol. The number of hydrogen-bond donors (Lipinski definition) is 2. The molecule has 5 nitrogen and oxygen atoms in total. The van der Waals surface area contributed by atoms with Gasteiger partial charge in [0.05, 0.1) is 17.0 Å². The van der Waals surface area contributed by atoms with Gasteiger partial charge in [-0.25, -0.2) is 0 Å². The number of fused-ring (bicyclic) bond motifs is 1. The molecule has 2 aromatic carbocycles. The summed E-state index contributed by atoms with van der Waals surface area (Å²) in [5.41, 5.74) is 1.78. The minimum Gasteiger partial charge on any atom is -0.492 e. The standard InChI is InChI=1S/C20H21ClN2O3/c1-20(2)14-12-13(9-10-16(14)23-19(20)25)22-18(24)8-5-11-26-17-7-4-3-6-15(17)21/h3-4,6-7,9-10,12H,5,8,11H2,1-2H3,(H,22,24)(H,23,25). The number of halogens is 1. The van der Waals surface area contributed by atoms with Crippen LogP contribution in [0.15, 0.2) is 42.5 Å². The molecule has 0 unspecified atom stereocenters. The smallest absolute Gasteiger partial charge is 0.234 e. The van der Waals surface area contributed by atoms with E-state index in [2.05, 4.69) is 10.6 Å². The zero-order valence-corrected chi connectivity index (χ0v) is 15.5. The maximum Gasteiger partial charge on any atom is 0.234 e. The van der Waals surface area contributed by atoms with Crippen molar-refractivity contribution in [2.24, 2.45) is 0 Å². The van der Waals surface area contributed by atoms with Gasteiger partial charge in [-0.05, 0) is 56.2 Å². The van der Waals surface area contributed by atoms with Crippen LogP contribution < -0.4 is 15.4 Å². The van der Waals surface area contributed by atoms with Crippen LogP contribution >= 0.6 is 11.6 Å². The lowest BCUT2D eigenvalue weighted by Gasteiger charge is -2.16. The molecule has 0 aromatic heterocycles. The van der Waals surface area contributed by atoms with Gasteiger partial charge in [0.15, 0.2) is 0 Å². The third kappa shape index (κ3) is 3.83. The van der Waals surface area contributed by atoms with E-state index < -0.39 is 5.41 Å². The zero-order valence-electron chi connectivity index (χ0n) is 14.8. The van der Waals surface area contributed by atoms with Gasteiger partial charge in [-0.1, -0.05) is 23.7 Å². The summed E-state index contributed by atoms with van der Waals surface area (Å²) in [7, 11) is 0. The molecule has 1 heterocycles. The Labute approximate surface area is 157 Å². The lowest BCUT2D eigenvalue weighted by molar-refractivity contribution is -0.119. The van der Waals surface area contributed by atoms with Crippen LogP contribution in [0.4, 0.5) is 11.4 Å². The van der Waals surface area contributed by atoms with Crippen molar-refractivity contribution in [1.29, 1.82) is 0 Å². The van der Waals surface area contributed by atoms with Gasteiger partial charge < -0.3 is 15.4 Å². The summed E-state index contributed by atoms with van der Waals surface area (Å²) in [6.07, 6.45) is 0.912. The fourth-order valence-corrected chi connectivity index (χ4v) is 3.04. The van der Waals surface area contributed by atoms with Gasteiger partial charge in [-0.15, -0.1) is 0 Å². The number of para-hydroxylation sites is 1. The summed E-state index contributed by atoms with van der Waals surface area (Å²) < 4.78 is 5.58. The van der Waals surface area contributed by atoms with E-state index in [1.54, 1.807) is 18.2 Å². The Morgan fingerprint density at radius 2 is 2.00 bits per heavy atom. The van der Waals surface area contributed by atoms with E-state index in [9.17, 15) is 9.59 Å². The van der Waals surface area contributed by atoms with E-state index >= 15 is 0 Å². The Balaban J connectivity index is 1.51. The van der Waals surface area contributed by atoms with Crippen LogP contribution in [0.2, 0.25) is 5.02 Å². The molecule has 1 aliphatic rings. The van der Waals surface area contributed by atoms with Gasteiger partial charge in [0.1, 0.15) is 5.75 Å². The van der Waals surface area contributed by atoms with Crippen molar-refractivity contribution in [2.45, 2.75) is 32.1 Å². The molecule has 1 aliphatic heterocycles. The summed E-state index contributed by atoms with van der Waals surface area (Å²) in [5, 5.41) is 6.28. The molecule has 6 heteroatoms. The monoisotopic (exact) mass is 372 g/mol. The summed E-state index contributed by atoms with van der Waals surface area (Å²) >= 11 is 6.02. The van der Waals surface area contributed by atoms with Crippen LogP contribution in [-0.4, -0.2) is 18.4 Å². The number of amides is 2. The SMILES string of the molecule is CC1(C)C(=O)Nc2ccc(NC(=O)CCCOc3ccccc3Cl)cc21. The van der Waals surface area contributed by atoms with Gasteiger partial charge in [0.25, 0.3) is 0 Å². The Morgan fingerprint density at radius 1 is 1.23 bits per heavy atom. The first-order valence-corrected chi connectivity index (χ1v) is 8.89. The van der Waals surface area contributed by atoms with Crippen molar-refractivity contribution in [3.63, 3.8) is 0 Å². The second kappa shape index (κ2) is 7.38. The topological polar surface area (TPSA) is 67.4 Å². The Morgan fingerprint density at radius 3 is 2.77 bits per heavy atom. The van der Waals surface area contributed by atoms with Crippen molar-refractivity contribution < 1.29 is 14.3 Å². The number of carbonyl (C=O) groups excluding carboxylic acids is 2. The van der Waals surface area contributed by atoms with Gasteiger partial charge >= 0.3 is 0 Å². The lowest BCUT2D eigenvalue weighted by Crippen LogP contribution is -2.26. The maximum atomic E-state index is 12.1. The van der Waals surface area contributed by atoms with Crippen molar-refractivity contribution in [2.75, 3.05) is 17.2 Å². The fraction of sp³-hybridized carbons (Fsp3) is 0.300. The highest BCUT2D eigenvalue weighted by Gasteiger charge is 2.38. The Hall–Kier alpha value is -2.53. The normalized spacial score (nSPS) is 14.5. The van der Waals surface area contributed by atoms with E-state index in [0.29, 0.717) is 35.9 Å². The Bertz CT molecular complexity index is 849. The first-order valence-electron chi connectivity index (χ1n) is 8.51. The molecule has 0 aliphatic carbocycles. The molecule has 0 atom stereocenters. The van der Waals surface area contributed by atoms with E-state index in [1.807, 2.05) is 38.1 Å².